The smallest absolute Gasteiger partial charge is 1.00 e. The molecule has 0 saturated carbocycles. The Morgan fingerprint density at radius 3 is 2.00 bits per heavy atom. The molecule has 0 unspecified atom stereocenters. The quantitative estimate of drug-likeness (QED) is 0.519. The molecule has 2 nitrogen and oxygen atoms in total. The van der Waals surface area contributed by atoms with E-state index in [-0.39, 0.29) is 30.4 Å². The first-order valence-electron chi connectivity index (χ1n) is 11.4. The van der Waals surface area contributed by atoms with E-state index in [2.05, 4.69) is 123 Å². The van der Waals surface area contributed by atoms with E-state index in [1.807, 2.05) is 0 Å². The van der Waals surface area contributed by atoms with Gasteiger partial charge in [-0.15, -0.1) is 0 Å². The third kappa shape index (κ3) is 6.39. The van der Waals surface area contributed by atoms with Crippen molar-refractivity contribution in [3.63, 3.8) is 0 Å². The second-order valence-corrected chi connectivity index (χ2v) is 21.9. The number of fused-ring (bicyclic) bond motifs is 2. The molecular formula is C26H38Cl2NOSi2Ti. The summed E-state index contributed by atoms with van der Waals surface area (Å²) in [7, 11) is -3.37. The van der Waals surface area contributed by atoms with E-state index in [1.165, 1.54) is 47.2 Å². The predicted molar refractivity (Wildman–Crippen MR) is 137 cm³/mol. The van der Waals surface area contributed by atoms with Crippen LogP contribution >= 0.6 is 0 Å². The summed E-state index contributed by atoms with van der Waals surface area (Å²) in [5.74, 6) is 1.07. The van der Waals surface area contributed by atoms with Crippen LogP contribution in [-0.4, -0.2) is 21.9 Å². The summed E-state index contributed by atoms with van der Waals surface area (Å²) in [5, 5.41) is 10.8. The average molecular weight is 556 g/mol. The molecule has 0 bridgehead atoms. The van der Waals surface area contributed by atoms with Gasteiger partial charge >= 0.3 is 203 Å². The van der Waals surface area contributed by atoms with Crippen LogP contribution in [0.5, 0.6) is 5.75 Å². The molecule has 2 aromatic carbocycles. The van der Waals surface area contributed by atoms with E-state index in [1.54, 1.807) is 0 Å². The molecule has 33 heavy (non-hydrogen) atoms. The van der Waals surface area contributed by atoms with Crippen molar-refractivity contribution in [2.24, 2.45) is 0 Å². The van der Waals surface area contributed by atoms with Gasteiger partial charge < -0.3 is 24.8 Å². The predicted octanol–water partition coefficient (Wildman–Crippen LogP) is -0.140. The Morgan fingerprint density at radius 1 is 0.970 bits per heavy atom. The van der Waals surface area contributed by atoms with Gasteiger partial charge in [-0.25, -0.2) is 0 Å². The molecule has 179 valence electrons. The van der Waals surface area contributed by atoms with E-state index in [9.17, 15) is 0 Å². The van der Waals surface area contributed by atoms with Crippen LogP contribution in [0.3, 0.4) is 0 Å². The summed E-state index contributed by atoms with van der Waals surface area (Å²) < 4.78 is 8.18. The Kier molecular flexibility index (Phi) is 9.84. The number of benzene rings is 2. The molecule has 0 fully saturated rings. The summed E-state index contributed by atoms with van der Waals surface area (Å²) in [6.07, 6.45) is 0. The third-order valence-corrected chi connectivity index (χ3v) is 11.9. The monoisotopic (exact) mass is 554 g/mol. The van der Waals surface area contributed by atoms with Crippen molar-refractivity contribution >= 4 is 31.2 Å². The maximum Gasteiger partial charge on any atom is -1.00 e. The van der Waals surface area contributed by atoms with Crippen LogP contribution < -0.4 is 45.0 Å². The largest absolute Gasteiger partial charge is 1.00 e. The Labute approximate surface area is 226 Å². The topological polar surface area (TPSA) is 21.3 Å². The minimum atomic E-state index is -1.80. The standard InChI is InChI=1S/C26H38NOSi2.2ClH.Ti/c1-11-30(9,10)18(2)24-23(28-29(6,7)8)17-21-20-15-13-12-14-19(20)16-22(21)25(24)27-26(3,4)5;;;/h12-15,17,27H,11H2,1-10H3;2*1H;/q;;;+2/p-2. The number of anilines is 1. The van der Waals surface area contributed by atoms with Gasteiger partial charge in [0.15, 0.2) is 0 Å². The van der Waals surface area contributed by atoms with Crippen molar-refractivity contribution in [3.8, 4) is 5.75 Å². The molecule has 0 saturated heterocycles. The number of hydrogen-bond acceptors (Lipinski definition) is 2. The summed E-state index contributed by atoms with van der Waals surface area (Å²) in [6.45, 7) is 23.3. The second kappa shape index (κ2) is 10.6. The number of halogens is 2. The van der Waals surface area contributed by atoms with Crippen molar-refractivity contribution < 1.29 is 49.7 Å². The van der Waals surface area contributed by atoms with Crippen molar-refractivity contribution in [2.75, 3.05) is 5.32 Å². The van der Waals surface area contributed by atoms with Crippen LogP contribution in [0.15, 0.2) is 30.3 Å². The molecule has 2 aromatic rings. The molecule has 1 aliphatic rings. The number of rotatable bonds is 5. The molecule has 7 heteroatoms. The van der Waals surface area contributed by atoms with Crippen molar-refractivity contribution in [1.82, 2.24) is 0 Å². The molecule has 0 atom stereocenters. The van der Waals surface area contributed by atoms with E-state index >= 15 is 0 Å². The molecule has 0 amide bonds. The first kappa shape index (κ1) is 30.5. The Balaban J connectivity index is 0.00000272. The molecule has 3 rings (SSSR count). The van der Waals surface area contributed by atoms with Gasteiger partial charge in [0.1, 0.15) is 0 Å². The SMILES string of the molecule is CC[Si](C)(C)C(C)=c1c(O[Si](C)(C)C)cc2c(c1NC(C)(C)C)[C]([Ti+2])=c1ccccc1=2.[Cl-].[Cl-]. The third-order valence-electron chi connectivity index (χ3n) is 6.22. The number of hydrogen-bond donors (Lipinski definition) is 1. The van der Waals surface area contributed by atoms with Crippen LogP contribution in [0.25, 0.3) is 9.07 Å². The first-order chi connectivity index (χ1) is 14.2. The van der Waals surface area contributed by atoms with E-state index in [0.29, 0.717) is 0 Å². The van der Waals surface area contributed by atoms with Gasteiger partial charge in [-0.3, -0.25) is 0 Å². The normalized spacial score (nSPS) is 14.0. The molecule has 0 aliphatic heterocycles. The van der Waals surface area contributed by atoms with Crippen LogP contribution in [0.4, 0.5) is 5.69 Å². The van der Waals surface area contributed by atoms with Crippen LogP contribution in [0.1, 0.15) is 40.2 Å². The van der Waals surface area contributed by atoms with Crippen LogP contribution in [0, 0.1) is 10.4 Å². The molecule has 0 radical (unpaired) electrons. The van der Waals surface area contributed by atoms with E-state index in [4.69, 9.17) is 4.43 Å². The minimum Gasteiger partial charge on any atom is -1.00 e. The second-order valence-electron chi connectivity index (χ2n) is 11.4. The fraction of sp³-hybridized carbons (Fsp3) is 0.462. The summed E-state index contributed by atoms with van der Waals surface area (Å²) in [4.78, 5) is 0. The fourth-order valence-electron chi connectivity index (χ4n) is 4.09. The van der Waals surface area contributed by atoms with Crippen LogP contribution in [-0.2, 0) is 20.4 Å². The van der Waals surface area contributed by atoms with E-state index < -0.39 is 16.4 Å². The van der Waals surface area contributed by atoms with Gasteiger partial charge in [0.05, 0.1) is 0 Å². The van der Waals surface area contributed by atoms with Gasteiger partial charge in [0.2, 0.25) is 0 Å². The first-order valence-corrected chi connectivity index (χ1v) is 18.8. The zero-order valence-corrected chi connectivity index (χ0v) is 26.8. The molecule has 1 aliphatic carbocycles. The van der Waals surface area contributed by atoms with Gasteiger partial charge in [-0.05, 0) is 0 Å². The zero-order valence-electron chi connectivity index (χ0n) is 21.8. The van der Waals surface area contributed by atoms with E-state index in [0.717, 1.165) is 5.75 Å². The minimum absolute atomic E-state index is 0. The maximum atomic E-state index is 6.82. The maximum absolute atomic E-state index is 6.82. The van der Waals surface area contributed by atoms with Gasteiger partial charge in [0.25, 0.3) is 0 Å². The Bertz CT molecular complexity index is 1250. The van der Waals surface area contributed by atoms with Gasteiger partial charge in [-0.2, -0.15) is 0 Å². The van der Waals surface area contributed by atoms with Crippen molar-refractivity contribution in [3.05, 3.63) is 56.8 Å². The molecular weight excluding hydrogens is 517 g/mol. The molecule has 0 spiro atoms. The van der Waals surface area contributed by atoms with Crippen molar-refractivity contribution in [2.45, 2.75) is 78.9 Å². The summed E-state index contributed by atoms with van der Waals surface area (Å²) in [6, 6.07) is 12.4. The zero-order chi connectivity index (χ0) is 23.4. The van der Waals surface area contributed by atoms with Crippen LogP contribution in [0.2, 0.25) is 38.8 Å². The fourth-order valence-corrected chi connectivity index (χ4v) is 7.11. The van der Waals surface area contributed by atoms with Gasteiger partial charge in [0, 0.05) is 0 Å². The van der Waals surface area contributed by atoms with Gasteiger partial charge in [-0.1, -0.05) is 0 Å². The molecule has 0 heterocycles. The number of nitrogens with one attached hydrogen (secondary N) is 1. The summed E-state index contributed by atoms with van der Waals surface area (Å²) in [5.41, 5.74) is 2.57. The molecule has 1 N–H and O–H groups in total. The Morgan fingerprint density at radius 2 is 1.52 bits per heavy atom. The average Bonchev–Trinajstić information content (AvgIpc) is 2.91. The van der Waals surface area contributed by atoms with Crippen molar-refractivity contribution in [1.29, 1.82) is 0 Å². The molecule has 0 aromatic heterocycles. The Hall–Kier alpha value is -0.492. The summed E-state index contributed by atoms with van der Waals surface area (Å²) >= 11 is 2.28.